The number of aromatic nitrogens is 2. The van der Waals surface area contributed by atoms with Crippen molar-refractivity contribution in [2.75, 3.05) is 19.7 Å². The van der Waals surface area contributed by atoms with Crippen LogP contribution in [0.25, 0.3) is 0 Å². The van der Waals surface area contributed by atoms with E-state index in [2.05, 4.69) is 14.9 Å². The maximum Gasteiger partial charge on any atom is 0.312 e. The lowest BCUT2D eigenvalue weighted by Crippen LogP contribution is -2.48. The Labute approximate surface area is 168 Å². The van der Waals surface area contributed by atoms with Crippen molar-refractivity contribution in [1.29, 1.82) is 0 Å². The molecule has 2 aromatic rings. The van der Waals surface area contributed by atoms with Crippen LogP contribution in [-0.4, -0.2) is 46.8 Å². The molecule has 28 heavy (non-hydrogen) atoms. The van der Waals surface area contributed by atoms with Gasteiger partial charge in [0, 0.05) is 18.1 Å². The maximum absolute atomic E-state index is 12.8. The zero-order valence-electron chi connectivity index (χ0n) is 16.1. The summed E-state index contributed by atoms with van der Waals surface area (Å²) in [5.41, 5.74) is 1.57. The molecule has 0 spiro atoms. The number of hydrogen-bond donors (Lipinski definition) is 0. The van der Waals surface area contributed by atoms with Gasteiger partial charge >= 0.3 is 5.97 Å². The first kappa shape index (κ1) is 20.3. The number of hydrogen-bond acceptors (Lipinski definition) is 6. The van der Waals surface area contributed by atoms with E-state index in [0.717, 1.165) is 5.56 Å². The number of carbonyl (C=O) groups is 2. The molecule has 1 aromatic carbocycles. The second-order valence-corrected chi connectivity index (χ2v) is 7.59. The minimum atomic E-state index is -0.633. The lowest BCUT2D eigenvalue weighted by molar-refractivity contribution is -0.160. The van der Waals surface area contributed by atoms with Crippen LogP contribution in [0.2, 0.25) is 5.02 Å². The van der Waals surface area contributed by atoms with E-state index in [4.69, 9.17) is 16.3 Å². The molecule has 0 saturated carbocycles. The highest BCUT2D eigenvalue weighted by molar-refractivity contribution is 6.30. The maximum atomic E-state index is 12.8. The van der Waals surface area contributed by atoms with Gasteiger partial charge in [0.15, 0.2) is 0 Å². The highest BCUT2D eigenvalue weighted by Crippen LogP contribution is 2.37. The molecule has 1 amide bonds. The fourth-order valence-corrected chi connectivity index (χ4v) is 3.71. The van der Waals surface area contributed by atoms with Gasteiger partial charge in [0.1, 0.15) is 11.4 Å². The molecule has 1 saturated heterocycles. The third-order valence-electron chi connectivity index (χ3n) is 5.30. The lowest BCUT2D eigenvalue weighted by atomic mass is 9.73. The number of piperidine rings is 1. The summed E-state index contributed by atoms with van der Waals surface area (Å²) in [5, 5.41) is 8.14. The molecule has 7 nitrogen and oxygen atoms in total. The van der Waals surface area contributed by atoms with Crippen LogP contribution >= 0.6 is 11.6 Å². The third-order valence-corrected chi connectivity index (χ3v) is 5.55. The fraction of sp³-hybridized carbons (Fsp3) is 0.500. The summed E-state index contributed by atoms with van der Waals surface area (Å²) >= 11 is 5.97. The van der Waals surface area contributed by atoms with Gasteiger partial charge in [-0.2, -0.15) is 0 Å². The molecule has 0 atom stereocenters. The van der Waals surface area contributed by atoms with Crippen LogP contribution in [0.1, 0.15) is 36.7 Å². The summed E-state index contributed by atoms with van der Waals surface area (Å²) in [5.74, 6) is -0.239. The predicted octanol–water partition coefficient (Wildman–Crippen LogP) is 2.99. The van der Waals surface area contributed by atoms with Crippen molar-refractivity contribution in [3.8, 4) is 0 Å². The molecule has 2 heterocycles. The Morgan fingerprint density at radius 2 is 1.89 bits per heavy atom. The number of ether oxygens (including phenoxy) is 1. The number of amides is 1. The van der Waals surface area contributed by atoms with Crippen LogP contribution < -0.4 is 0 Å². The van der Waals surface area contributed by atoms with Crippen molar-refractivity contribution < 1.29 is 19.0 Å². The molecule has 1 fully saturated rings. The Kier molecular flexibility index (Phi) is 6.34. The van der Waals surface area contributed by atoms with Crippen LogP contribution in [0, 0.1) is 12.3 Å². The smallest absolute Gasteiger partial charge is 0.312 e. The molecule has 0 unspecified atom stereocenters. The average Bonchev–Trinajstić information content (AvgIpc) is 3.09. The van der Waals surface area contributed by atoms with Gasteiger partial charge in [0.25, 0.3) is 0 Å². The van der Waals surface area contributed by atoms with Gasteiger partial charge in [-0.05, 0) is 50.8 Å². The summed E-state index contributed by atoms with van der Waals surface area (Å²) in [6, 6.07) is 7.51. The number of aryl methyl sites for hydroxylation is 1. The van der Waals surface area contributed by atoms with E-state index < -0.39 is 5.41 Å². The number of esters is 1. The van der Waals surface area contributed by atoms with Gasteiger partial charge in [-0.1, -0.05) is 34.0 Å². The normalized spacial score (nSPS) is 16.0. The van der Waals surface area contributed by atoms with E-state index in [0.29, 0.717) is 55.4 Å². The molecule has 0 N–H and O–H groups in total. The molecule has 1 aliphatic heterocycles. The zero-order valence-corrected chi connectivity index (χ0v) is 16.9. The van der Waals surface area contributed by atoms with E-state index in [-0.39, 0.29) is 18.3 Å². The topological polar surface area (TPSA) is 85.5 Å². The molecular weight excluding hydrogens is 382 g/mol. The highest BCUT2D eigenvalue weighted by atomic mass is 35.5. The molecule has 1 aromatic heterocycles. The van der Waals surface area contributed by atoms with Crippen molar-refractivity contribution in [3.63, 3.8) is 0 Å². The Hall–Kier alpha value is -2.41. The second kappa shape index (κ2) is 8.73. The van der Waals surface area contributed by atoms with Crippen molar-refractivity contribution in [3.05, 3.63) is 46.2 Å². The molecule has 1 aliphatic rings. The van der Waals surface area contributed by atoms with E-state index in [1.165, 1.54) is 0 Å². The molecule has 0 bridgehead atoms. The third kappa shape index (κ3) is 4.52. The second-order valence-electron chi connectivity index (χ2n) is 7.16. The van der Waals surface area contributed by atoms with Gasteiger partial charge in [0.05, 0.1) is 18.4 Å². The predicted molar refractivity (Wildman–Crippen MR) is 103 cm³/mol. The summed E-state index contributed by atoms with van der Waals surface area (Å²) in [7, 11) is 0. The van der Waals surface area contributed by atoms with Crippen molar-refractivity contribution >= 4 is 23.5 Å². The van der Waals surface area contributed by atoms with Crippen LogP contribution in [0.4, 0.5) is 0 Å². The largest absolute Gasteiger partial charge is 0.466 e. The molecular formula is C20H24ClN3O4. The monoisotopic (exact) mass is 405 g/mol. The van der Waals surface area contributed by atoms with E-state index in [9.17, 15) is 9.59 Å². The number of likely N-dealkylation sites (tertiary alicyclic amines) is 1. The van der Waals surface area contributed by atoms with E-state index >= 15 is 0 Å². The van der Waals surface area contributed by atoms with Crippen molar-refractivity contribution in [2.45, 2.75) is 39.5 Å². The summed E-state index contributed by atoms with van der Waals surface area (Å²) in [6.07, 6.45) is 1.82. The van der Waals surface area contributed by atoms with E-state index in [1.807, 2.05) is 24.3 Å². The van der Waals surface area contributed by atoms with E-state index in [1.54, 1.807) is 18.7 Å². The van der Waals surface area contributed by atoms with Crippen molar-refractivity contribution in [1.82, 2.24) is 15.2 Å². The number of rotatable bonds is 6. The first-order valence-electron chi connectivity index (χ1n) is 9.41. The van der Waals surface area contributed by atoms with Gasteiger partial charge in [-0.25, -0.2) is 4.63 Å². The highest BCUT2D eigenvalue weighted by Gasteiger charge is 2.43. The quantitative estimate of drug-likeness (QED) is 0.687. The molecule has 150 valence electrons. The van der Waals surface area contributed by atoms with Gasteiger partial charge in [-0.15, -0.1) is 0 Å². The molecule has 3 rings (SSSR count). The summed E-state index contributed by atoms with van der Waals surface area (Å²) < 4.78 is 10.0. The fourth-order valence-electron chi connectivity index (χ4n) is 3.58. The van der Waals surface area contributed by atoms with Crippen LogP contribution in [0.5, 0.6) is 0 Å². The molecule has 0 radical (unpaired) electrons. The summed E-state index contributed by atoms with van der Waals surface area (Å²) in [6.45, 7) is 4.89. The van der Waals surface area contributed by atoms with Crippen LogP contribution in [-0.2, 0) is 27.2 Å². The van der Waals surface area contributed by atoms with Crippen LogP contribution in [0.3, 0.4) is 0 Å². The van der Waals surface area contributed by atoms with Crippen LogP contribution in [0.15, 0.2) is 28.9 Å². The number of carbonyl (C=O) groups excluding carboxylic acids is 2. The lowest BCUT2D eigenvalue weighted by Gasteiger charge is -2.40. The Balaban J connectivity index is 1.69. The van der Waals surface area contributed by atoms with Gasteiger partial charge in [0.2, 0.25) is 5.91 Å². The molecule has 0 aliphatic carbocycles. The Bertz CT molecular complexity index is 826. The minimum absolute atomic E-state index is 0.0391. The standard InChI is InChI=1S/C20H24ClN3O4/c1-3-27-19(26)20(13-15-4-6-16(21)7-5-15)8-10-24(11-9-20)18(25)12-17-14(2)22-28-23-17/h4-7H,3,8-13H2,1-2H3. The minimum Gasteiger partial charge on any atom is -0.466 e. The number of halogens is 1. The SMILES string of the molecule is CCOC(=O)C1(Cc2ccc(Cl)cc2)CCN(C(=O)Cc2nonc2C)CC1. The number of nitrogens with zero attached hydrogens (tertiary/aromatic N) is 3. The summed E-state index contributed by atoms with van der Waals surface area (Å²) in [4.78, 5) is 27.2. The number of benzene rings is 1. The molecule has 8 heteroatoms. The zero-order chi connectivity index (χ0) is 20.1. The Morgan fingerprint density at radius 1 is 1.21 bits per heavy atom. The Morgan fingerprint density at radius 3 is 2.46 bits per heavy atom. The van der Waals surface area contributed by atoms with Crippen molar-refractivity contribution in [2.24, 2.45) is 5.41 Å². The first-order chi connectivity index (χ1) is 13.4. The first-order valence-corrected chi connectivity index (χ1v) is 9.79. The average molecular weight is 406 g/mol. The van der Waals surface area contributed by atoms with Gasteiger partial charge in [-0.3, -0.25) is 9.59 Å². The van der Waals surface area contributed by atoms with Gasteiger partial charge < -0.3 is 9.64 Å².